The molecule has 3 heterocycles. The molecule has 7 nitrogen and oxygen atoms in total. The highest BCUT2D eigenvalue weighted by Crippen LogP contribution is 2.40. The Morgan fingerprint density at radius 3 is 2.71 bits per heavy atom. The number of fused-ring (bicyclic) bond motifs is 3. The molecule has 128 valence electrons. The van der Waals surface area contributed by atoms with Crippen LogP contribution in [-0.2, 0) is 22.4 Å². The highest BCUT2D eigenvalue weighted by atomic mass is 32.1. The first-order valence-electron chi connectivity index (χ1n) is 7.66. The van der Waals surface area contributed by atoms with Crippen LogP contribution >= 0.6 is 11.3 Å². The van der Waals surface area contributed by atoms with Crippen molar-refractivity contribution in [2.75, 3.05) is 20.1 Å². The van der Waals surface area contributed by atoms with Crippen LogP contribution in [0.25, 0.3) is 11.5 Å². The second kappa shape index (κ2) is 6.74. The molecule has 2 N–H and O–H groups in total. The number of furan rings is 1. The third-order valence-corrected chi connectivity index (χ3v) is 5.50. The molecule has 0 radical (unpaired) electrons. The minimum atomic E-state index is -1.82. The Hall–Kier alpha value is -2.19. The first-order chi connectivity index (χ1) is 11.5. The molecule has 1 atom stereocenters. The highest BCUT2D eigenvalue weighted by Gasteiger charge is 2.29. The number of carbonyl (C=O) groups is 2. The summed E-state index contributed by atoms with van der Waals surface area (Å²) in [6, 6.07) is 2.08. The third-order valence-electron chi connectivity index (χ3n) is 4.22. The number of rotatable bonds is 1. The molecule has 1 aliphatic heterocycles. The molecule has 1 unspecified atom stereocenters. The monoisotopic (exact) mass is 350 g/mol. The van der Waals surface area contributed by atoms with Gasteiger partial charge in [0.25, 0.3) is 0 Å². The fourth-order valence-corrected chi connectivity index (χ4v) is 4.20. The maximum atomic E-state index is 9.10. The maximum absolute atomic E-state index is 9.10. The molecule has 2 aliphatic rings. The van der Waals surface area contributed by atoms with Crippen molar-refractivity contribution >= 4 is 23.3 Å². The van der Waals surface area contributed by atoms with Crippen LogP contribution in [0, 0.1) is 0 Å². The number of aromatic nitrogens is 1. The van der Waals surface area contributed by atoms with Gasteiger partial charge in [0.15, 0.2) is 5.76 Å². The zero-order valence-corrected chi connectivity index (χ0v) is 14.0. The van der Waals surface area contributed by atoms with Gasteiger partial charge in [-0.1, -0.05) is 0 Å². The molecule has 0 amide bonds. The van der Waals surface area contributed by atoms with Crippen LogP contribution in [0.15, 0.2) is 16.7 Å². The van der Waals surface area contributed by atoms with Gasteiger partial charge < -0.3 is 19.5 Å². The van der Waals surface area contributed by atoms with Crippen molar-refractivity contribution in [3.63, 3.8) is 0 Å². The highest BCUT2D eigenvalue weighted by molar-refractivity contribution is 7.12. The number of hydrogen-bond acceptors (Lipinski definition) is 6. The van der Waals surface area contributed by atoms with E-state index in [0.29, 0.717) is 5.92 Å². The van der Waals surface area contributed by atoms with Crippen molar-refractivity contribution < 1.29 is 24.2 Å². The van der Waals surface area contributed by atoms with E-state index in [1.807, 2.05) is 11.3 Å². The average molecular weight is 350 g/mol. The molecule has 0 aromatic carbocycles. The number of carboxylic acid groups (broad SMARTS) is 2. The number of likely N-dealkylation sites (N-methyl/N-ethyl adjacent to an activating group) is 1. The maximum Gasteiger partial charge on any atom is 0.414 e. The average Bonchev–Trinajstić information content (AvgIpc) is 3.24. The summed E-state index contributed by atoms with van der Waals surface area (Å²) in [5.74, 6) is -2.00. The van der Waals surface area contributed by atoms with Crippen LogP contribution in [0.2, 0.25) is 0 Å². The molecule has 0 bridgehead atoms. The quantitative estimate of drug-likeness (QED) is 0.759. The van der Waals surface area contributed by atoms with Gasteiger partial charge in [-0.15, -0.1) is 11.3 Å². The van der Waals surface area contributed by atoms with Gasteiger partial charge >= 0.3 is 11.9 Å². The Labute approximate surface area is 142 Å². The van der Waals surface area contributed by atoms with Gasteiger partial charge in [-0.05, 0) is 38.9 Å². The Kier molecular flexibility index (Phi) is 4.68. The van der Waals surface area contributed by atoms with Gasteiger partial charge in [0.2, 0.25) is 0 Å². The predicted molar refractivity (Wildman–Crippen MR) is 87.4 cm³/mol. The number of thiazole rings is 1. The van der Waals surface area contributed by atoms with E-state index in [1.165, 1.54) is 28.4 Å². The lowest BCUT2D eigenvalue weighted by Gasteiger charge is -2.07. The fraction of sp³-hybridized carbons (Fsp3) is 0.438. The van der Waals surface area contributed by atoms with Crippen LogP contribution in [0.1, 0.15) is 27.8 Å². The normalized spacial score (nSPS) is 19.1. The van der Waals surface area contributed by atoms with Crippen molar-refractivity contribution in [1.29, 1.82) is 0 Å². The lowest BCUT2D eigenvalue weighted by molar-refractivity contribution is -0.159. The molecule has 1 fully saturated rings. The minimum absolute atomic E-state index is 0.629. The van der Waals surface area contributed by atoms with E-state index < -0.39 is 11.9 Å². The van der Waals surface area contributed by atoms with Crippen molar-refractivity contribution in [1.82, 2.24) is 9.88 Å². The summed E-state index contributed by atoms with van der Waals surface area (Å²) < 4.78 is 5.61. The van der Waals surface area contributed by atoms with Crippen LogP contribution in [-0.4, -0.2) is 52.2 Å². The summed E-state index contributed by atoms with van der Waals surface area (Å²) in [6.07, 6.45) is 5.27. The van der Waals surface area contributed by atoms with E-state index in [1.54, 1.807) is 6.26 Å². The lowest BCUT2D eigenvalue weighted by atomic mass is 10.0. The Morgan fingerprint density at radius 1 is 1.33 bits per heavy atom. The van der Waals surface area contributed by atoms with E-state index in [9.17, 15) is 0 Å². The molecule has 2 aromatic rings. The molecule has 1 aliphatic carbocycles. The van der Waals surface area contributed by atoms with Crippen LogP contribution in [0.3, 0.4) is 0 Å². The van der Waals surface area contributed by atoms with Crippen molar-refractivity contribution in [3.8, 4) is 11.5 Å². The smallest absolute Gasteiger partial charge is 0.414 e. The van der Waals surface area contributed by atoms with Crippen LogP contribution in [0.4, 0.5) is 0 Å². The van der Waals surface area contributed by atoms with Crippen molar-refractivity contribution in [2.45, 2.75) is 25.2 Å². The van der Waals surface area contributed by atoms with Gasteiger partial charge in [-0.25, -0.2) is 14.6 Å². The number of aryl methyl sites for hydroxylation is 2. The molecule has 0 saturated carbocycles. The fourth-order valence-electron chi connectivity index (χ4n) is 3.02. The predicted octanol–water partition coefficient (Wildman–Crippen LogP) is 2.08. The molecule has 2 aromatic heterocycles. The second-order valence-corrected chi connectivity index (χ2v) is 7.07. The molecule has 24 heavy (non-hydrogen) atoms. The Balaban J connectivity index is 0.000000246. The SMILES string of the molecule is CN1CCC(c2nc3c(s2)CCc2ccoc2-3)C1.O=C(O)C(=O)O. The number of nitrogens with zero attached hydrogens (tertiary/aromatic N) is 2. The summed E-state index contributed by atoms with van der Waals surface area (Å²) in [5, 5.41) is 16.1. The molecular formula is C16H18N2O5S. The van der Waals surface area contributed by atoms with Gasteiger partial charge in [-0.2, -0.15) is 0 Å². The summed E-state index contributed by atoms with van der Waals surface area (Å²) in [5.41, 5.74) is 2.44. The largest absolute Gasteiger partial charge is 0.473 e. The van der Waals surface area contributed by atoms with Crippen molar-refractivity contribution in [3.05, 3.63) is 27.8 Å². The zero-order valence-electron chi connectivity index (χ0n) is 13.2. The standard InChI is InChI=1S/C14H16N2OS.C2H2O4/c1-16-6-4-10(8-16)14-15-12-11(18-14)3-2-9-5-7-17-13(9)12;3-1(4)2(5)6/h5,7,10H,2-4,6,8H2,1H3;(H,3,4)(H,5,6). The van der Waals surface area contributed by atoms with E-state index in [4.69, 9.17) is 29.2 Å². The molecule has 4 rings (SSSR count). The molecule has 8 heteroatoms. The summed E-state index contributed by atoms with van der Waals surface area (Å²) in [7, 11) is 2.19. The topological polar surface area (TPSA) is 104 Å². The summed E-state index contributed by atoms with van der Waals surface area (Å²) in [6.45, 7) is 2.35. The van der Waals surface area contributed by atoms with E-state index in [-0.39, 0.29) is 0 Å². The van der Waals surface area contributed by atoms with Crippen molar-refractivity contribution in [2.24, 2.45) is 0 Å². The number of likely N-dealkylation sites (tertiary alicyclic amines) is 1. The molecule has 1 saturated heterocycles. The summed E-state index contributed by atoms with van der Waals surface area (Å²) >= 11 is 1.90. The third kappa shape index (κ3) is 3.34. The van der Waals surface area contributed by atoms with E-state index in [2.05, 4.69) is 18.0 Å². The molecule has 0 spiro atoms. The van der Waals surface area contributed by atoms with Gasteiger partial charge in [0.1, 0.15) is 5.69 Å². The minimum Gasteiger partial charge on any atom is -0.473 e. The van der Waals surface area contributed by atoms with Crippen LogP contribution in [0.5, 0.6) is 0 Å². The van der Waals surface area contributed by atoms with Gasteiger partial charge in [-0.3, -0.25) is 0 Å². The van der Waals surface area contributed by atoms with Gasteiger partial charge in [0.05, 0.1) is 11.3 Å². The Bertz CT molecular complexity index is 754. The zero-order chi connectivity index (χ0) is 17.3. The first kappa shape index (κ1) is 16.7. The van der Waals surface area contributed by atoms with E-state index in [0.717, 1.165) is 30.8 Å². The number of carboxylic acids is 2. The Morgan fingerprint density at radius 2 is 2.08 bits per heavy atom. The van der Waals surface area contributed by atoms with E-state index >= 15 is 0 Å². The second-order valence-electron chi connectivity index (χ2n) is 5.96. The summed E-state index contributed by atoms with van der Waals surface area (Å²) in [4.78, 5) is 26.9. The lowest BCUT2D eigenvalue weighted by Crippen LogP contribution is -2.13. The van der Waals surface area contributed by atoms with Crippen LogP contribution < -0.4 is 0 Å². The first-order valence-corrected chi connectivity index (χ1v) is 8.48. The number of hydrogen-bond donors (Lipinski definition) is 2. The van der Waals surface area contributed by atoms with Gasteiger partial charge in [0, 0.05) is 22.9 Å². The number of aliphatic carboxylic acids is 2. The molecular weight excluding hydrogens is 332 g/mol.